The second-order valence-corrected chi connectivity index (χ2v) is 10.00. The molecule has 1 aromatic heterocycles. The molecule has 1 fully saturated rings. The van der Waals surface area contributed by atoms with Gasteiger partial charge in [-0.15, -0.1) is 0 Å². The molecular weight excluding hydrogens is 471 g/mol. The summed E-state index contributed by atoms with van der Waals surface area (Å²) in [5.74, 6) is 0.191. The summed E-state index contributed by atoms with van der Waals surface area (Å²) in [5.41, 5.74) is 0.411. The number of ether oxygens (including phenoxy) is 1. The molecule has 0 bridgehead atoms. The van der Waals surface area contributed by atoms with Gasteiger partial charge in [-0.25, -0.2) is 12.8 Å². The van der Waals surface area contributed by atoms with Crippen molar-refractivity contribution in [3.8, 4) is 5.75 Å². The number of nitrogens with zero attached hydrogens (tertiary/aromatic N) is 2. The minimum Gasteiger partial charge on any atom is -0.482 e. The van der Waals surface area contributed by atoms with Gasteiger partial charge in [-0.2, -0.15) is 4.31 Å². The lowest BCUT2D eigenvalue weighted by atomic mass is 10.2. The molecule has 0 unspecified atom stereocenters. The highest BCUT2D eigenvalue weighted by atomic mass is 35.5. The molecule has 1 aliphatic rings. The van der Waals surface area contributed by atoms with Crippen LogP contribution in [-0.2, 0) is 23.2 Å². The molecule has 7 nitrogen and oxygen atoms in total. The van der Waals surface area contributed by atoms with Crippen molar-refractivity contribution in [3.05, 3.63) is 93.2 Å². The number of sulfonamides is 1. The Morgan fingerprint density at radius 3 is 2.30 bits per heavy atom. The van der Waals surface area contributed by atoms with Gasteiger partial charge in [0, 0.05) is 37.3 Å². The van der Waals surface area contributed by atoms with Crippen LogP contribution in [-0.4, -0.2) is 43.8 Å². The van der Waals surface area contributed by atoms with E-state index in [9.17, 15) is 17.6 Å². The largest absolute Gasteiger partial charge is 0.482 e. The molecule has 1 saturated heterocycles. The maximum atomic E-state index is 13.0. The molecule has 0 saturated carbocycles. The lowest BCUT2D eigenvalue weighted by Gasteiger charge is -2.33. The van der Waals surface area contributed by atoms with Crippen molar-refractivity contribution < 1.29 is 22.0 Å². The zero-order valence-electron chi connectivity index (χ0n) is 17.6. The van der Waals surface area contributed by atoms with Gasteiger partial charge in [0.25, 0.3) is 0 Å². The molecule has 174 valence electrons. The minimum absolute atomic E-state index is 0.0713. The molecule has 1 aliphatic heterocycles. The molecular formula is C23H22ClFN2O5S. The van der Waals surface area contributed by atoms with Crippen molar-refractivity contribution in [1.29, 1.82) is 0 Å². The summed E-state index contributed by atoms with van der Waals surface area (Å²) < 4.78 is 51.0. The Bertz CT molecular complexity index is 1260. The molecule has 3 aromatic rings. The maximum Gasteiger partial charge on any atom is 0.243 e. The molecule has 0 radical (unpaired) electrons. The van der Waals surface area contributed by atoms with Crippen molar-refractivity contribution in [2.45, 2.75) is 18.0 Å². The van der Waals surface area contributed by atoms with E-state index in [0.29, 0.717) is 43.5 Å². The first-order valence-corrected chi connectivity index (χ1v) is 12.1. The van der Waals surface area contributed by atoms with E-state index in [1.54, 1.807) is 24.3 Å². The van der Waals surface area contributed by atoms with E-state index in [2.05, 4.69) is 0 Å². The van der Waals surface area contributed by atoms with Gasteiger partial charge in [0.05, 0.1) is 11.4 Å². The molecule has 0 aliphatic carbocycles. The van der Waals surface area contributed by atoms with E-state index in [0.717, 1.165) is 5.56 Å². The van der Waals surface area contributed by atoms with Gasteiger partial charge in [0.2, 0.25) is 21.2 Å². The van der Waals surface area contributed by atoms with Crippen LogP contribution in [0.25, 0.3) is 0 Å². The number of piperazine rings is 1. The molecule has 2 aromatic carbocycles. The summed E-state index contributed by atoms with van der Waals surface area (Å²) in [4.78, 5) is 14.6. The van der Waals surface area contributed by atoms with Crippen LogP contribution in [0, 0.1) is 5.82 Å². The maximum absolute atomic E-state index is 13.0. The topological polar surface area (TPSA) is 80.1 Å². The third-order valence-corrected chi connectivity index (χ3v) is 7.49. The van der Waals surface area contributed by atoms with E-state index in [1.807, 2.05) is 4.90 Å². The normalized spacial score (nSPS) is 15.5. The highest BCUT2D eigenvalue weighted by molar-refractivity contribution is 7.89. The smallest absolute Gasteiger partial charge is 0.243 e. The standard InChI is InChI=1S/C23H22ClFN2O5S/c24-18-3-7-21(8-4-18)33(29,30)27-11-9-26(10-12-27)14-20-13-22(28)23(16-31-20)32-15-17-1-5-19(25)6-2-17/h1-8,13,16H,9-12,14-15H2. The highest BCUT2D eigenvalue weighted by Crippen LogP contribution is 2.20. The Hall–Kier alpha value is -2.72. The first-order valence-electron chi connectivity index (χ1n) is 10.3. The zero-order valence-corrected chi connectivity index (χ0v) is 19.2. The number of hydrogen-bond donors (Lipinski definition) is 0. The molecule has 0 N–H and O–H groups in total. The van der Waals surface area contributed by atoms with E-state index in [4.69, 9.17) is 20.8 Å². The Morgan fingerprint density at radius 2 is 1.67 bits per heavy atom. The third kappa shape index (κ3) is 5.80. The van der Waals surface area contributed by atoms with Crippen molar-refractivity contribution in [1.82, 2.24) is 9.21 Å². The van der Waals surface area contributed by atoms with Crippen LogP contribution in [0.3, 0.4) is 0 Å². The SMILES string of the molecule is O=c1cc(CN2CCN(S(=O)(=O)c3ccc(Cl)cc3)CC2)occ1OCc1ccc(F)cc1. The van der Waals surface area contributed by atoms with Crippen LogP contribution >= 0.6 is 11.6 Å². The molecule has 10 heteroatoms. The van der Waals surface area contributed by atoms with Crippen molar-refractivity contribution in [2.75, 3.05) is 26.2 Å². The van der Waals surface area contributed by atoms with Crippen LogP contribution in [0.5, 0.6) is 5.75 Å². The van der Waals surface area contributed by atoms with Gasteiger partial charge in [-0.1, -0.05) is 23.7 Å². The predicted octanol–water partition coefficient (Wildman–Crippen LogP) is 3.52. The number of rotatable bonds is 7. The van der Waals surface area contributed by atoms with Crippen LogP contribution in [0.2, 0.25) is 5.02 Å². The quantitative estimate of drug-likeness (QED) is 0.502. The summed E-state index contributed by atoms with van der Waals surface area (Å²) in [6.07, 6.45) is 1.27. The van der Waals surface area contributed by atoms with Gasteiger partial charge in [0.15, 0.2) is 0 Å². The Kier molecular flexibility index (Phi) is 7.14. The van der Waals surface area contributed by atoms with Gasteiger partial charge in [0.1, 0.15) is 24.4 Å². The fourth-order valence-corrected chi connectivity index (χ4v) is 5.02. The Balaban J connectivity index is 1.32. The Morgan fingerprint density at radius 1 is 1.00 bits per heavy atom. The molecule has 4 rings (SSSR count). The number of benzene rings is 2. The zero-order chi connectivity index (χ0) is 23.4. The van der Waals surface area contributed by atoms with Crippen LogP contribution in [0.1, 0.15) is 11.3 Å². The van der Waals surface area contributed by atoms with E-state index >= 15 is 0 Å². The second-order valence-electron chi connectivity index (χ2n) is 7.62. The predicted molar refractivity (Wildman–Crippen MR) is 121 cm³/mol. The van der Waals surface area contributed by atoms with E-state index in [-0.39, 0.29) is 28.5 Å². The third-order valence-electron chi connectivity index (χ3n) is 5.32. The van der Waals surface area contributed by atoms with Gasteiger partial charge >= 0.3 is 0 Å². The number of hydrogen-bond acceptors (Lipinski definition) is 6. The second kappa shape index (κ2) is 10.0. The van der Waals surface area contributed by atoms with Gasteiger partial charge < -0.3 is 9.15 Å². The van der Waals surface area contributed by atoms with Crippen LogP contribution in [0.15, 0.2) is 75.0 Å². The summed E-state index contributed by atoms with van der Waals surface area (Å²) in [6.45, 7) is 2.15. The highest BCUT2D eigenvalue weighted by Gasteiger charge is 2.28. The number of halogens is 2. The lowest BCUT2D eigenvalue weighted by molar-refractivity contribution is 0.169. The van der Waals surface area contributed by atoms with Crippen molar-refractivity contribution in [3.63, 3.8) is 0 Å². The van der Waals surface area contributed by atoms with E-state index < -0.39 is 10.0 Å². The van der Waals surface area contributed by atoms with Crippen LogP contribution in [0.4, 0.5) is 4.39 Å². The molecule has 0 spiro atoms. The van der Waals surface area contributed by atoms with E-state index in [1.165, 1.54) is 40.9 Å². The molecule has 0 amide bonds. The average Bonchev–Trinajstić information content (AvgIpc) is 2.80. The average molecular weight is 493 g/mol. The van der Waals surface area contributed by atoms with Crippen LogP contribution < -0.4 is 10.2 Å². The summed E-state index contributed by atoms with van der Waals surface area (Å²) >= 11 is 5.85. The Labute approximate surface area is 196 Å². The summed E-state index contributed by atoms with van der Waals surface area (Å²) in [5, 5.41) is 0.479. The van der Waals surface area contributed by atoms with Gasteiger partial charge in [-0.05, 0) is 42.0 Å². The molecule has 2 heterocycles. The monoisotopic (exact) mass is 492 g/mol. The first-order chi connectivity index (χ1) is 15.8. The first kappa shape index (κ1) is 23.4. The fraction of sp³-hybridized carbons (Fsp3) is 0.261. The van der Waals surface area contributed by atoms with Crippen molar-refractivity contribution >= 4 is 21.6 Å². The van der Waals surface area contributed by atoms with Gasteiger partial charge in [-0.3, -0.25) is 9.69 Å². The fourth-order valence-electron chi connectivity index (χ4n) is 3.47. The molecule has 0 atom stereocenters. The minimum atomic E-state index is -3.58. The van der Waals surface area contributed by atoms with Crippen molar-refractivity contribution in [2.24, 2.45) is 0 Å². The lowest BCUT2D eigenvalue weighted by Crippen LogP contribution is -2.48. The summed E-state index contributed by atoms with van der Waals surface area (Å²) in [6, 6.07) is 13.3. The molecule has 33 heavy (non-hydrogen) atoms. The summed E-state index contributed by atoms with van der Waals surface area (Å²) in [7, 11) is -3.58.